The average Bonchev–Trinajstić information content (AvgIpc) is 2.14. The second kappa shape index (κ2) is 4.77. The molecule has 0 radical (unpaired) electrons. The molecule has 0 amide bonds. The zero-order valence-electron chi connectivity index (χ0n) is 9.16. The number of primary sulfonamides is 1. The zero-order chi connectivity index (χ0) is 11.5. The molecule has 0 fully saturated rings. The number of nitrogens with two attached hydrogens (primary N) is 1. The van der Waals surface area contributed by atoms with E-state index in [9.17, 15) is 8.42 Å². The first-order chi connectivity index (χ1) is 6.94. The molecular formula is C11H17NO2S. The van der Waals surface area contributed by atoms with Gasteiger partial charge in [0.15, 0.2) is 0 Å². The van der Waals surface area contributed by atoms with Crippen LogP contribution in [0.1, 0.15) is 30.5 Å². The molecule has 0 aromatic heterocycles. The Hall–Kier alpha value is -0.870. The van der Waals surface area contributed by atoms with Gasteiger partial charge in [0.1, 0.15) is 0 Å². The molecule has 1 rings (SSSR count). The second-order valence-corrected chi connectivity index (χ2v) is 5.29. The highest BCUT2D eigenvalue weighted by molar-refractivity contribution is 7.88. The number of hydrogen-bond donors (Lipinski definition) is 1. The average molecular weight is 227 g/mol. The Bertz CT molecular complexity index is 416. The number of rotatable bonds is 4. The maximum Gasteiger partial charge on any atom is 0.213 e. The summed E-state index contributed by atoms with van der Waals surface area (Å²) in [5.41, 5.74) is 3.11. The quantitative estimate of drug-likeness (QED) is 0.849. The largest absolute Gasteiger partial charge is 0.228 e. The summed E-state index contributed by atoms with van der Waals surface area (Å²) in [5.74, 6) is -0.0756. The van der Waals surface area contributed by atoms with Gasteiger partial charge in [0.05, 0.1) is 5.75 Å². The summed E-state index contributed by atoms with van der Waals surface area (Å²) in [4.78, 5) is 0. The van der Waals surface area contributed by atoms with Gasteiger partial charge in [-0.1, -0.05) is 32.0 Å². The summed E-state index contributed by atoms with van der Waals surface area (Å²) in [6.07, 6.45) is 1.82. The van der Waals surface area contributed by atoms with Crippen molar-refractivity contribution in [2.75, 3.05) is 0 Å². The van der Waals surface area contributed by atoms with Crippen molar-refractivity contribution in [3.05, 3.63) is 34.9 Å². The number of sulfonamides is 1. The lowest BCUT2D eigenvalue weighted by Gasteiger charge is -2.06. The van der Waals surface area contributed by atoms with E-state index in [1.165, 1.54) is 0 Å². The van der Waals surface area contributed by atoms with E-state index < -0.39 is 10.0 Å². The molecule has 0 saturated heterocycles. The lowest BCUT2D eigenvalue weighted by molar-refractivity contribution is 0.597. The van der Waals surface area contributed by atoms with Gasteiger partial charge in [-0.3, -0.25) is 0 Å². The maximum absolute atomic E-state index is 11.0. The van der Waals surface area contributed by atoms with Crippen molar-refractivity contribution in [3.63, 3.8) is 0 Å². The summed E-state index contributed by atoms with van der Waals surface area (Å²) in [6.45, 7) is 4.10. The molecule has 1 aromatic carbocycles. The number of aryl methyl sites for hydroxylation is 2. The Balaban J connectivity index is 3.07. The summed E-state index contributed by atoms with van der Waals surface area (Å²) in [7, 11) is -3.43. The van der Waals surface area contributed by atoms with Gasteiger partial charge < -0.3 is 0 Å². The Morgan fingerprint density at radius 3 is 1.73 bits per heavy atom. The molecule has 0 unspecified atom stereocenters. The van der Waals surface area contributed by atoms with Crippen LogP contribution in [-0.4, -0.2) is 8.42 Å². The van der Waals surface area contributed by atoms with Gasteiger partial charge in [-0.05, 0) is 29.5 Å². The van der Waals surface area contributed by atoms with Crippen LogP contribution in [0.4, 0.5) is 0 Å². The summed E-state index contributed by atoms with van der Waals surface area (Å²) >= 11 is 0. The van der Waals surface area contributed by atoms with Crippen LogP contribution >= 0.6 is 0 Å². The van der Waals surface area contributed by atoms with Crippen molar-refractivity contribution in [3.8, 4) is 0 Å². The smallest absolute Gasteiger partial charge is 0.213 e. The van der Waals surface area contributed by atoms with E-state index in [-0.39, 0.29) is 5.75 Å². The third kappa shape index (κ3) is 4.01. The molecule has 0 saturated carbocycles. The first-order valence-corrected chi connectivity index (χ1v) is 6.78. The minimum absolute atomic E-state index is 0.0756. The van der Waals surface area contributed by atoms with E-state index in [0.717, 1.165) is 29.5 Å². The Morgan fingerprint density at radius 1 is 1.00 bits per heavy atom. The van der Waals surface area contributed by atoms with Gasteiger partial charge in [0, 0.05) is 0 Å². The molecule has 1 aromatic rings. The molecule has 0 heterocycles. The molecule has 0 bridgehead atoms. The third-order valence-corrected chi connectivity index (χ3v) is 3.03. The number of hydrogen-bond acceptors (Lipinski definition) is 2. The second-order valence-electron chi connectivity index (χ2n) is 3.67. The minimum Gasteiger partial charge on any atom is -0.228 e. The lowest BCUT2D eigenvalue weighted by atomic mass is 10.0. The Kier molecular flexibility index (Phi) is 3.88. The van der Waals surface area contributed by atoms with E-state index >= 15 is 0 Å². The van der Waals surface area contributed by atoms with Crippen molar-refractivity contribution in [1.82, 2.24) is 0 Å². The molecule has 0 aliphatic rings. The van der Waals surface area contributed by atoms with Gasteiger partial charge >= 0.3 is 0 Å². The van der Waals surface area contributed by atoms with Crippen LogP contribution in [0.25, 0.3) is 0 Å². The van der Waals surface area contributed by atoms with Crippen molar-refractivity contribution in [2.24, 2.45) is 5.14 Å². The molecule has 0 aliphatic heterocycles. The molecule has 0 aliphatic carbocycles. The van der Waals surface area contributed by atoms with Gasteiger partial charge in [-0.2, -0.15) is 0 Å². The highest BCUT2D eigenvalue weighted by Crippen LogP contribution is 2.13. The van der Waals surface area contributed by atoms with Crippen LogP contribution in [0, 0.1) is 0 Å². The topological polar surface area (TPSA) is 60.2 Å². The molecule has 15 heavy (non-hydrogen) atoms. The van der Waals surface area contributed by atoms with Crippen molar-refractivity contribution >= 4 is 10.0 Å². The molecular weight excluding hydrogens is 210 g/mol. The summed E-state index contributed by atoms with van der Waals surface area (Å²) in [5, 5.41) is 5.02. The molecule has 3 nitrogen and oxygen atoms in total. The monoisotopic (exact) mass is 227 g/mol. The molecule has 0 atom stereocenters. The maximum atomic E-state index is 11.0. The van der Waals surface area contributed by atoms with Crippen molar-refractivity contribution < 1.29 is 8.42 Å². The Morgan fingerprint density at radius 2 is 1.40 bits per heavy atom. The first kappa shape index (κ1) is 12.2. The molecule has 4 heteroatoms. The van der Waals surface area contributed by atoms with Crippen LogP contribution in [0.15, 0.2) is 18.2 Å². The van der Waals surface area contributed by atoms with E-state index in [0.29, 0.717) is 0 Å². The lowest BCUT2D eigenvalue weighted by Crippen LogP contribution is -2.14. The normalized spacial score (nSPS) is 11.7. The zero-order valence-corrected chi connectivity index (χ0v) is 9.97. The molecule has 84 valence electrons. The van der Waals surface area contributed by atoms with Gasteiger partial charge in [-0.25, -0.2) is 13.6 Å². The van der Waals surface area contributed by atoms with Gasteiger partial charge in [0.25, 0.3) is 0 Å². The first-order valence-electron chi connectivity index (χ1n) is 5.06. The fraction of sp³-hybridized carbons (Fsp3) is 0.455. The van der Waals surface area contributed by atoms with Crippen LogP contribution in [0.3, 0.4) is 0 Å². The van der Waals surface area contributed by atoms with E-state index in [1.807, 2.05) is 12.1 Å². The fourth-order valence-electron chi connectivity index (χ4n) is 1.56. The standard InChI is InChI=1S/C11H17NO2S/c1-3-9-5-10(4-2)7-11(6-9)8-15(12,13)14/h5-7H,3-4,8H2,1-2H3,(H2,12,13,14). The SMILES string of the molecule is CCc1cc(CC)cc(CS(N)(=O)=O)c1. The van der Waals surface area contributed by atoms with Crippen LogP contribution in [-0.2, 0) is 28.6 Å². The highest BCUT2D eigenvalue weighted by Gasteiger charge is 2.06. The third-order valence-electron chi connectivity index (χ3n) is 2.30. The van der Waals surface area contributed by atoms with E-state index in [4.69, 9.17) is 5.14 Å². The van der Waals surface area contributed by atoms with E-state index in [2.05, 4.69) is 19.9 Å². The fourth-order valence-corrected chi connectivity index (χ4v) is 2.19. The molecule has 2 N–H and O–H groups in total. The minimum atomic E-state index is -3.43. The van der Waals surface area contributed by atoms with Crippen LogP contribution in [0.5, 0.6) is 0 Å². The van der Waals surface area contributed by atoms with Crippen LogP contribution < -0.4 is 5.14 Å². The predicted octanol–water partition coefficient (Wildman–Crippen LogP) is 1.60. The Labute approximate surface area is 91.4 Å². The summed E-state index contributed by atoms with van der Waals surface area (Å²) < 4.78 is 22.0. The predicted molar refractivity (Wildman–Crippen MR) is 62.0 cm³/mol. The molecule has 0 spiro atoms. The van der Waals surface area contributed by atoms with Crippen molar-refractivity contribution in [1.29, 1.82) is 0 Å². The van der Waals surface area contributed by atoms with Crippen LogP contribution in [0.2, 0.25) is 0 Å². The van der Waals surface area contributed by atoms with E-state index in [1.54, 1.807) is 0 Å². The van der Waals surface area contributed by atoms with Gasteiger partial charge in [0.2, 0.25) is 10.0 Å². The van der Waals surface area contributed by atoms with Gasteiger partial charge in [-0.15, -0.1) is 0 Å². The van der Waals surface area contributed by atoms with Crippen molar-refractivity contribution in [2.45, 2.75) is 32.4 Å². The highest BCUT2D eigenvalue weighted by atomic mass is 32.2. The summed E-state index contributed by atoms with van der Waals surface area (Å²) in [6, 6.07) is 5.92. The number of benzene rings is 1.